The average Bonchev–Trinajstić information content (AvgIpc) is 3.23. The number of rotatable bonds is 5. The fourth-order valence-electron chi connectivity index (χ4n) is 5.12. The number of aryl methyl sites for hydroxylation is 2. The molecule has 1 unspecified atom stereocenters. The lowest BCUT2D eigenvalue weighted by Gasteiger charge is -2.39. The van der Waals surface area contributed by atoms with Gasteiger partial charge in [0.1, 0.15) is 11.6 Å². The van der Waals surface area contributed by atoms with Gasteiger partial charge in [-0.2, -0.15) is 4.98 Å². The van der Waals surface area contributed by atoms with Gasteiger partial charge in [-0.1, -0.05) is 35.0 Å². The molecule has 4 aromatic rings. The van der Waals surface area contributed by atoms with E-state index in [4.69, 9.17) is 16.1 Å². The molecule has 1 saturated heterocycles. The third-order valence-electron chi connectivity index (χ3n) is 6.79. The minimum atomic E-state index is -0.467. The number of amides is 2. The first kappa shape index (κ1) is 25.7. The van der Waals surface area contributed by atoms with Crippen molar-refractivity contribution < 1.29 is 9.32 Å². The molecular weight excluding hydrogens is 506 g/mol. The number of aromatic amines is 1. The van der Waals surface area contributed by atoms with Crippen LogP contribution >= 0.6 is 11.6 Å². The van der Waals surface area contributed by atoms with Crippen molar-refractivity contribution in [3.63, 3.8) is 0 Å². The highest BCUT2D eigenvalue weighted by Gasteiger charge is 2.34. The van der Waals surface area contributed by atoms with Crippen molar-refractivity contribution in [1.29, 1.82) is 0 Å². The second-order valence-corrected chi connectivity index (χ2v) is 10.0. The molecule has 38 heavy (non-hydrogen) atoms. The Morgan fingerprint density at radius 1 is 1.26 bits per heavy atom. The molecule has 0 bridgehead atoms. The zero-order chi connectivity index (χ0) is 27.0. The van der Waals surface area contributed by atoms with Crippen LogP contribution in [0.25, 0.3) is 22.0 Å². The van der Waals surface area contributed by atoms with Crippen LogP contribution in [0.15, 0.2) is 45.7 Å². The molecule has 2 aromatic heterocycles. The van der Waals surface area contributed by atoms with Crippen molar-refractivity contribution in [2.75, 3.05) is 39.0 Å². The lowest BCUT2D eigenvalue weighted by atomic mass is 9.89. The van der Waals surface area contributed by atoms with Crippen molar-refractivity contribution in [2.24, 2.45) is 0 Å². The summed E-state index contributed by atoms with van der Waals surface area (Å²) in [6, 6.07) is 10.9. The Labute approximate surface area is 225 Å². The summed E-state index contributed by atoms with van der Waals surface area (Å²) in [7, 11) is 3.49. The summed E-state index contributed by atoms with van der Waals surface area (Å²) in [4.78, 5) is 36.6. The molecule has 1 fully saturated rings. The number of halogens is 1. The quantitative estimate of drug-likeness (QED) is 0.352. The molecule has 0 radical (unpaired) electrons. The van der Waals surface area contributed by atoms with Crippen molar-refractivity contribution >= 4 is 34.4 Å². The molecular formula is C27H30ClN7O3. The van der Waals surface area contributed by atoms with E-state index in [-0.39, 0.29) is 12.1 Å². The van der Waals surface area contributed by atoms with Crippen molar-refractivity contribution in [1.82, 2.24) is 30.2 Å². The highest BCUT2D eigenvalue weighted by molar-refractivity contribution is 6.30. The van der Waals surface area contributed by atoms with Gasteiger partial charge in [0.25, 0.3) is 0 Å². The van der Waals surface area contributed by atoms with Gasteiger partial charge < -0.3 is 29.9 Å². The number of fused-ring (bicyclic) bond motifs is 1. The van der Waals surface area contributed by atoms with Crippen LogP contribution in [0, 0.1) is 13.8 Å². The maximum absolute atomic E-state index is 13.3. The Morgan fingerprint density at radius 3 is 2.79 bits per heavy atom. The van der Waals surface area contributed by atoms with E-state index in [0.717, 1.165) is 33.3 Å². The Balaban J connectivity index is 1.76. The fourth-order valence-corrected chi connectivity index (χ4v) is 5.33. The molecule has 0 saturated carbocycles. The first-order valence-electron chi connectivity index (χ1n) is 12.4. The second-order valence-electron chi connectivity index (χ2n) is 9.61. The van der Waals surface area contributed by atoms with Gasteiger partial charge in [-0.05, 0) is 48.7 Å². The molecule has 1 atom stereocenters. The molecule has 10 nitrogen and oxygen atoms in total. The predicted octanol–water partition coefficient (Wildman–Crippen LogP) is 4.09. The zero-order valence-electron chi connectivity index (χ0n) is 21.8. The van der Waals surface area contributed by atoms with E-state index in [1.54, 1.807) is 19.0 Å². The Bertz CT molecular complexity index is 1540. The van der Waals surface area contributed by atoms with Crippen molar-refractivity contribution in [3.8, 4) is 11.1 Å². The number of hydrogen-bond acceptors (Lipinski definition) is 7. The van der Waals surface area contributed by atoms with E-state index in [1.807, 2.05) is 55.1 Å². The normalized spacial score (nSPS) is 15.6. The SMILES string of the molecule is Cc1noc(C)c1-c1ccc2[nH]c(=O)nc(NCc3cccc(Cl)c3)c2c1C1CNCCN1C(=O)N(C)C. The van der Waals surface area contributed by atoms with E-state index in [0.29, 0.717) is 48.3 Å². The number of nitrogens with zero attached hydrogens (tertiary/aromatic N) is 4. The van der Waals surface area contributed by atoms with Gasteiger partial charge in [0.15, 0.2) is 0 Å². The van der Waals surface area contributed by atoms with Gasteiger partial charge in [-0.15, -0.1) is 0 Å². The van der Waals surface area contributed by atoms with Crippen LogP contribution in [0.3, 0.4) is 0 Å². The summed E-state index contributed by atoms with van der Waals surface area (Å²) in [5.41, 5.74) is 4.42. The predicted molar refractivity (Wildman–Crippen MR) is 148 cm³/mol. The number of nitrogens with one attached hydrogen (secondary N) is 3. The maximum atomic E-state index is 13.3. The molecule has 198 valence electrons. The number of H-pyrrole nitrogens is 1. The van der Waals surface area contributed by atoms with Crippen LogP contribution in [-0.2, 0) is 6.54 Å². The standard InChI is InChI=1S/C27H30ClN7O3/c1-15-22(16(2)38-33-15)19-8-9-20-24(23(19)21-14-29-10-11-35(21)27(37)34(3)4)25(32-26(36)31-20)30-13-17-6-5-7-18(28)12-17/h5-9,12,21,29H,10-11,13-14H2,1-4H3,(H2,30,31,32,36). The number of urea groups is 1. The van der Waals surface area contributed by atoms with Crippen molar-refractivity contribution in [2.45, 2.75) is 26.4 Å². The Morgan fingerprint density at radius 2 is 2.08 bits per heavy atom. The first-order valence-corrected chi connectivity index (χ1v) is 12.8. The first-order chi connectivity index (χ1) is 18.2. The number of carbonyl (C=O) groups excluding carboxylic acids is 1. The van der Waals surface area contributed by atoms with Gasteiger partial charge in [0.05, 0.1) is 17.3 Å². The Hall–Kier alpha value is -3.89. The molecule has 3 heterocycles. The molecule has 1 aliphatic rings. The highest BCUT2D eigenvalue weighted by atomic mass is 35.5. The fraction of sp³-hybridized carbons (Fsp3) is 0.333. The smallest absolute Gasteiger partial charge is 0.347 e. The average molecular weight is 536 g/mol. The topological polar surface area (TPSA) is 119 Å². The minimum absolute atomic E-state index is 0.0935. The van der Waals surface area contributed by atoms with E-state index in [1.165, 1.54) is 0 Å². The molecule has 1 aliphatic heterocycles. The van der Waals surface area contributed by atoms with Crippen LogP contribution in [0.4, 0.5) is 10.6 Å². The Kier molecular flexibility index (Phi) is 7.09. The zero-order valence-corrected chi connectivity index (χ0v) is 22.5. The largest absolute Gasteiger partial charge is 0.365 e. The van der Waals surface area contributed by atoms with Gasteiger partial charge in [0, 0.05) is 56.2 Å². The number of benzene rings is 2. The molecule has 0 spiro atoms. The van der Waals surface area contributed by atoms with Crippen LogP contribution in [0.5, 0.6) is 0 Å². The van der Waals surface area contributed by atoms with Gasteiger partial charge in [-0.25, -0.2) is 9.59 Å². The third kappa shape index (κ3) is 4.84. The van der Waals surface area contributed by atoms with Crippen molar-refractivity contribution in [3.05, 3.63) is 74.5 Å². The van der Waals surface area contributed by atoms with E-state index >= 15 is 0 Å². The summed E-state index contributed by atoms with van der Waals surface area (Å²) in [6.45, 7) is 5.91. The second kappa shape index (κ2) is 10.5. The summed E-state index contributed by atoms with van der Waals surface area (Å²) < 4.78 is 5.53. The summed E-state index contributed by atoms with van der Waals surface area (Å²) in [5, 5.41) is 12.3. The number of anilines is 1. The van der Waals surface area contributed by atoms with Gasteiger partial charge in [0.2, 0.25) is 0 Å². The van der Waals surface area contributed by atoms with E-state index in [2.05, 4.69) is 25.8 Å². The molecule has 0 aliphatic carbocycles. The molecule has 2 amide bonds. The minimum Gasteiger partial charge on any atom is -0.365 e. The molecule has 5 rings (SSSR count). The van der Waals surface area contributed by atoms with Crippen LogP contribution in [-0.4, -0.2) is 64.7 Å². The summed E-state index contributed by atoms with van der Waals surface area (Å²) in [5.74, 6) is 1.10. The van der Waals surface area contributed by atoms with Gasteiger partial charge in [-0.3, -0.25) is 0 Å². The lowest BCUT2D eigenvalue weighted by Crippen LogP contribution is -2.51. The number of aromatic nitrogens is 3. The number of hydrogen-bond donors (Lipinski definition) is 3. The van der Waals surface area contributed by atoms with Crippen LogP contribution in [0.1, 0.15) is 28.6 Å². The molecule has 2 aromatic carbocycles. The number of carbonyl (C=O) groups is 1. The summed E-state index contributed by atoms with van der Waals surface area (Å²) >= 11 is 6.19. The lowest BCUT2D eigenvalue weighted by molar-refractivity contribution is 0.136. The summed E-state index contributed by atoms with van der Waals surface area (Å²) in [6.07, 6.45) is 0. The molecule has 11 heteroatoms. The van der Waals surface area contributed by atoms with Crippen LogP contribution in [0.2, 0.25) is 5.02 Å². The molecule has 3 N–H and O–H groups in total. The highest BCUT2D eigenvalue weighted by Crippen LogP contribution is 2.41. The van der Waals surface area contributed by atoms with Crippen LogP contribution < -0.4 is 16.3 Å². The van der Waals surface area contributed by atoms with E-state index < -0.39 is 5.69 Å². The monoisotopic (exact) mass is 535 g/mol. The van der Waals surface area contributed by atoms with Gasteiger partial charge >= 0.3 is 11.7 Å². The number of piperazine rings is 1. The van der Waals surface area contributed by atoms with E-state index in [9.17, 15) is 9.59 Å². The maximum Gasteiger partial charge on any atom is 0.347 e. The third-order valence-corrected chi connectivity index (χ3v) is 7.03.